The summed E-state index contributed by atoms with van der Waals surface area (Å²) in [4.78, 5) is 0. The van der Waals surface area contributed by atoms with E-state index in [1.54, 1.807) is 6.07 Å². The van der Waals surface area contributed by atoms with Crippen molar-refractivity contribution in [2.45, 2.75) is 6.92 Å². The molecule has 0 aliphatic carbocycles. The number of hydrogen-bond donors (Lipinski definition) is 0. The number of nitriles is 1. The molecule has 0 aliphatic heterocycles. The molecule has 0 heterocycles. The first kappa shape index (κ1) is 8.82. The fourth-order valence-corrected chi connectivity index (χ4v) is 0. The summed E-state index contributed by atoms with van der Waals surface area (Å²) in [6, 6.07) is 1.75. The molecule has 0 rings (SSSR count). The lowest BCUT2D eigenvalue weighted by Gasteiger charge is -1.15. The van der Waals surface area contributed by atoms with Crippen molar-refractivity contribution in [2.75, 3.05) is 0 Å². The van der Waals surface area contributed by atoms with Gasteiger partial charge >= 0.3 is 0 Å². The first-order valence-corrected chi connectivity index (χ1v) is 1.59. The number of nitrogens with zero attached hydrogens (tertiary/aromatic N) is 1. The van der Waals surface area contributed by atoms with Crippen LogP contribution in [-0.4, -0.2) is 5.87 Å². The topological polar surface area (TPSA) is 23.8 Å². The van der Waals surface area contributed by atoms with Crippen molar-refractivity contribution in [3.05, 3.63) is 0 Å². The van der Waals surface area contributed by atoms with Gasteiger partial charge < -0.3 is 0 Å². The summed E-state index contributed by atoms with van der Waals surface area (Å²) in [7, 11) is 0. The quantitative estimate of drug-likeness (QED) is 0.414. The molecule has 0 saturated heterocycles. The molecule has 0 N–H and O–H groups in total. The summed E-state index contributed by atoms with van der Waals surface area (Å²) in [6.45, 7) is 1.43. The number of hydrogen-bond acceptors (Lipinski definition) is 2. The second-order valence-electron chi connectivity index (χ2n) is 0.224. The van der Waals surface area contributed by atoms with E-state index in [1.165, 1.54) is 6.92 Å². The van der Waals surface area contributed by atoms with Crippen LogP contribution in [0, 0.1) is 11.3 Å². The molecule has 0 spiro atoms. The number of rotatable bonds is 0. The van der Waals surface area contributed by atoms with Gasteiger partial charge in [-0.2, -0.15) is 5.26 Å². The van der Waals surface area contributed by atoms with Crippen LogP contribution < -0.4 is 0 Å². The van der Waals surface area contributed by atoms with Crippen molar-refractivity contribution in [3.8, 4) is 6.07 Å². The van der Waals surface area contributed by atoms with E-state index >= 15 is 0 Å². The van der Waals surface area contributed by atoms with Gasteiger partial charge in [0.2, 0.25) is 0 Å². The minimum Gasteiger partial charge on any atom is -0.199 e. The Kier molecular flexibility index (Phi) is 125. The van der Waals surface area contributed by atoms with E-state index in [2.05, 4.69) is 18.1 Å². The van der Waals surface area contributed by atoms with Gasteiger partial charge in [0, 0.05) is 6.92 Å². The Morgan fingerprint density at radius 2 is 1.80 bits per heavy atom. The fourth-order valence-electron chi connectivity index (χ4n) is 0. The summed E-state index contributed by atoms with van der Waals surface area (Å²) >= 11 is 3.83. The van der Waals surface area contributed by atoms with Crippen molar-refractivity contribution < 1.29 is 0 Å². The molecular formula is C3H5NS. The van der Waals surface area contributed by atoms with Crippen molar-refractivity contribution >= 4 is 18.1 Å². The van der Waals surface area contributed by atoms with Crippen LogP contribution in [0.2, 0.25) is 0 Å². The van der Waals surface area contributed by atoms with E-state index in [0.717, 1.165) is 0 Å². The van der Waals surface area contributed by atoms with E-state index in [-0.39, 0.29) is 0 Å². The third kappa shape index (κ3) is 50.7. The predicted octanol–water partition coefficient (Wildman–Crippen LogP) is 1.15. The summed E-state index contributed by atoms with van der Waals surface area (Å²) in [5.41, 5.74) is 0. The van der Waals surface area contributed by atoms with E-state index in [0.29, 0.717) is 0 Å². The van der Waals surface area contributed by atoms with Crippen LogP contribution in [0.3, 0.4) is 0 Å². The van der Waals surface area contributed by atoms with Crippen molar-refractivity contribution in [1.82, 2.24) is 0 Å². The maximum Gasteiger partial charge on any atom is 0.0587 e. The minimum absolute atomic E-state index is 1.43. The summed E-state index contributed by atoms with van der Waals surface area (Å²) in [5, 5.41) is 7.32. The Balaban J connectivity index is 0. The van der Waals surface area contributed by atoms with Gasteiger partial charge in [0.05, 0.1) is 6.07 Å². The molecule has 0 atom stereocenters. The lowest BCUT2D eigenvalue weighted by atomic mass is 11.0. The molecule has 0 aliphatic rings. The zero-order chi connectivity index (χ0) is 4.71. The Morgan fingerprint density at radius 3 is 1.80 bits per heavy atom. The zero-order valence-electron chi connectivity index (χ0n) is 3.06. The van der Waals surface area contributed by atoms with Gasteiger partial charge in [-0.1, -0.05) is 12.2 Å². The second-order valence-corrected chi connectivity index (χ2v) is 0.224. The molecule has 0 aromatic heterocycles. The third-order valence-electron chi connectivity index (χ3n) is 0. The molecule has 0 aromatic carbocycles. The highest BCUT2D eigenvalue weighted by molar-refractivity contribution is 7.77. The van der Waals surface area contributed by atoms with Crippen LogP contribution >= 0.6 is 12.2 Å². The summed E-state index contributed by atoms with van der Waals surface area (Å²) in [6.07, 6.45) is 0. The van der Waals surface area contributed by atoms with Gasteiger partial charge in [-0.25, -0.2) is 0 Å². The molecule has 0 unspecified atom stereocenters. The van der Waals surface area contributed by atoms with Crippen molar-refractivity contribution in [1.29, 1.82) is 5.26 Å². The maximum absolute atomic E-state index is 7.32. The molecule has 0 amide bonds. The average molecular weight is 87.1 g/mol. The lowest BCUT2D eigenvalue weighted by molar-refractivity contribution is 1.49. The molecule has 0 aromatic rings. The van der Waals surface area contributed by atoms with Crippen LogP contribution in [0.1, 0.15) is 6.92 Å². The van der Waals surface area contributed by atoms with Crippen molar-refractivity contribution in [3.63, 3.8) is 0 Å². The highest BCUT2D eigenvalue weighted by Crippen LogP contribution is 1.21. The van der Waals surface area contributed by atoms with Crippen LogP contribution in [0.4, 0.5) is 0 Å². The minimum atomic E-state index is 1.43. The van der Waals surface area contributed by atoms with Gasteiger partial charge in [0.25, 0.3) is 0 Å². The average Bonchev–Trinajstić information content (AvgIpc) is 1.46. The molecule has 0 saturated carbocycles. The Hall–Kier alpha value is -0.420. The van der Waals surface area contributed by atoms with Gasteiger partial charge in [-0.05, 0) is 5.87 Å². The van der Waals surface area contributed by atoms with Crippen molar-refractivity contribution in [2.24, 2.45) is 0 Å². The fraction of sp³-hybridized carbons (Fsp3) is 0.333. The van der Waals surface area contributed by atoms with E-state index in [4.69, 9.17) is 5.26 Å². The summed E-state index contributed by atoms with van der Waals surface area (Å²) in [5.74, 6) is 2.83. The zero-order valence-corrected chi connectivity index (χ0v) is 3.88. The molecule has 28 valence electrons. The van der Waals surface area contributed by atoms with Gasteiger partial charge in [-0.3, -0.25) is 0 Å². The smallest absolute Gasteiger partial charge is 0.0587 e. The van der Waals surface area contributed by atoms with Gasteiger partial charge in [-0.15, -0.1) is 0 Å². The molecule has 1 nitrogen and oxygen atoms in total. The highest BCUT2D eigenvalue weighted by atomic mass is 32.1. The van der Waals surface area contributed by atoms with E-state index in [9.17, 15) is 0 Å². The van der Waals surface area contributed by atoms with Crippen LogP contribution in [0.25, 0.3) is 0 Å². The van der Waals surface area contributed by atoms with Crippen LogP contribution in [0.5, 0.6) is 0 Å². The first-order chi connectivity index (χ1) is 2.41. The van der Waals surface area contributed by atoms with E-state index < -0.39 is 0 Å². The monoisotopic (exact) mass is 87.0 g/mol. The van der Waals surface area contributed by atoms with Crippen LogP contribution in [0.15, 0.2) is 0 Å². The molecule has 0 radical (unpaired) electrons. The predicted molar refractivity (Wildman–Crippen MR) is 26.0 cm³/mol. The molecule has 5 heavy (non-hydrogen) atoms. The highest BCUT2D eigenvalue weighted by Gasteiger charge is 1.17. The van der Waals surface area contributed by atoms with E-state index in [1.807, 2.05) is 0 Å². The van der Waals surface area contributed by atoms with Crippen LogP contribution in [-0.2, 0) is 0 Å². The van der Waals surface area contributed by atoms with Gasteiger partial charge in [0.1, 0.15) is 0 Å². The standard InChI is InChI=1S/C2H3N.CH2S/c1-2-3;1-2/h1H3;1H2. The Morgan fingerprint density at radius 1 is 1.80 bits per heavy atom. The molecule has 0 fully saturated rings. The largest absolute Gasteiger partial charge is 0.199 e. The maximum atomic E-state index is 7.32. The molecule has 2 heteroatoms. The molecular weight excluding hydrogens is 82.1 g/mol. The lowest BCUT2D eigenvalue weighted by Crippen LogP contribution is -1.10. The molecule has 0 bridgehead atoms. The summed E-state index contributed by atoms with van der Waals surface area (Å²) < 4.78 is 0. The third-order valence-corrected chi connectivity index (χ3v) is 0. The Bertz CT molecular complexity index is 36.6. The Labute approximate surface area is 37.2 Å². The second kappa shape index (κ2) is 70.8. The van der Waals surface area contributed by atoms with Gasteiger partial charge in [0.15, 0.2) is 0 Å². The number of thiocarbonyl (C=S) groups is 1. The first-order valence-electron chi connectivity index (χ1n) is 1.01. The normalized spacial score (nSPS) is 2.40. The SMILES string of the molecule is C=S.CC#N.